The van der Waals surface area contributed by atoms with Gasteiger partial charge in [-0.25, -0.2) is 0 Å². The molecule has 2 aromatic rings. The summed E-state index contributed by atoms with van der Waals surface area (Å²) in [5.41, 5.74) is 4.46. The number of hydrogen-bond donors (Lipinski definition) is 1. The van der Waals surface area contributed by atoms with Crippen LogP contribution in [0.15, 0.2) is 48.5 Å². The highest BCUT2D eigenvalue weighted by Gasteiger charge is 2.32. The molecule has 154 valence electrons. The van der Waals surface area contributed by atoms with Crippen LogP contribution < -0.4 is 10.2 Å². The number of rotatable bonds is 6. The summed E-state index contributed by atoms with van der Waals surface area (Å²) in [5.74, 6) is 0.328. The normalized spacial score (nSPS) is 18.9. The molecule has 4 heteroatoms. The SMILES string of the molecule is CCN(C(=O)C1CCC(C(=O)NCc2ccc(C)cc2)CC1)c1cccc(C)c1. The van der Waals surface area contributed by atoms with E-state index in [1.165, 1.54) is 5.56 Å². The number of amides is 2. The molecule has 0 unspecified atom stereocenters. The van der Waals surface area contributed by atoms with Crippen LogP contribution in [0.5, 0.6) is 0 Å². The Bertz CT molecular complexity index is 836. The predicted octanol–water partition coefficient (Wildman–Crippen LogP) is 4.78. The first-order chi connectivity index (χ1) is 14.0. The van der Waals surface area contributed by atoms with Crippen molar-refractivity contribution in [3.63, 3.8) is 0 Å². The van der Waals surface area contributed by atoms with Gasteiger partial charge >= 0.3 is 0 Å². The van der Waals surface area contributed by atoms with Crippen molar-refractivity contribution >= 4 is 17.5 Å². The second-order valence-electron chi connectivity index (χ2n) is 8.17. The first-order valence-corrected chi connectivity index (χ1v) is 10.7. The summed E-state index contributed by atoms with van der Waals surface area (Å²) in [4.78, 5) is 27.5. The van der Waals surface area contributed by atoms with E-state index >= 15 is 0 Å². The van der Waals surface area contributed by atoms with Gasteiger partial charge in [0.1, 0.15) is 0 Å². The number of nitrogens with zero attached hydrogens (tertiary/aromatic N) is 1. The van der Waals surface area contributed by atoms with Crippen molar-refractivity contribution in [2.24, 2.45) is 11.8 Å². The fraction of sp³-hybridized carbons (Fsp3) is 0.440. The van der Waals surface area contributed by atoms with Crippen LogP contribution in [0, 0.1) is 25.7 Å². The summed E-state index contributed by atoms with van der Waals surface area (Å²) in [5, 5.41) is 3.06. The zero-order valence-corrected chi connectivity index (χ0v) is 17.8. The van der Waals surface area contributed by atoms with Crippen LogP contribution in [0.25, 0.3) is 0 Å². The third-order valence-electron chi connectivity index (χ3n) is 5.93. The number of carbonyl (C=O) groups is 2. The second kappa shape index (κ2) is 9.73. The third-order valence-corrected chi connectivity index (χ3v) is 5.93. The van der Waals surface area contributed by atoms with E-state index in [0.29, 0.717) is 13.1 Å². The van der Waals surface area contributed by atoms with Crippen LogP contribution in [-0.2, 0) is 16.1 Å². The summed E-state index contributed by atoms with van der Waals surface area (Å²) >= 11 is 0. The molecule has 0 aliphatic heterocycles. The molecule has 1 aliphatic rings. The molecule has 2 aromatic carbocycles. The summed E-state index contributed by atoms with van der Waals surface area (Å²) in [6, 6.07) is 16.3. The largest absolute Gasteiger partial charge is 0.352 e. The Morgan fingerprint density at radius 2 is 1.59 bits per heavy atom. The van der Waals surface area contributed by atoms with Gasteiger partial charge in [-0.05, 0) is 69.7 Å². The van der Waals surface area contributed by atoms with Crippen LogP contribution in [0.4, 0.5) is 5.69 Å². The number of aryl methyl sites for hydroxylation is 2. The molecular weight excluding hydrogens is 360 g/mol. The molecule has 0 spiro atoms. The molecule has 2 amide bonds. The summed E-state index contributed by atoms with van der Waals surface area (Å²) in [6.45, 7) is 7.35. The standard InChI is InChI=1S/C25H32N2O2/c1-4-27(23-7-5-6-19(3)16-23)25(29)22-14-12-21(13-15-22)24(28)26-17-20-10-8-18(2)9-11-20/h5-11,16,21-22H,4,12-15,17H2,1-3H3,(H,26,28). The van der Waals surface area contributed by atoms with Gasteiger partial charge in [0.25, 0.3) is 0 Å². The number of nitrogens with one attached hydrogen (secondary N) is 1. The fourth-order valence-corrected chi connectivity index (χ4v) is 4.12. The van der Waals surface area contributed by atoms with Gasteiger partial charge in [-0.15, -0.1) is 0 Å². The van der Waals surface area contributed by atoms with Gasteiger partial charge in [0.2, 0.25) is 11.8 Å². The van der Waals surface area contributed by atoms with Crippen molar-refractivity contribution in [3.8, 4) is 0 Å². The van der Waals surface area contributed by atoms with Gasteiger partial charge in [-0.1, -0.05) is 42.0 Å². The van der Waals surface area contributed by atoms with Gasteiger partial charge in [0, 0.05) is 30.6 Å². The molecule has 0 heterocycles. The highest BCUT2D eigenvalue weighted by atomic mass is 16.2. The lowest BCUT2D eigenvalue weighted by Crippen LogP contribution is -2.40. The van der Waals surface area contributed by atoms with E-state index in [9.17, 15) is 9.59 Å². The van der Waals surface area contributed by atoms with Crippen LogP contribution in [0.1, 0.15) is 49.3 Å². The van der Waals surface area contributed by atoms with E-state index in [1.54, 1.807) is 0 Å². The summed E-state index contributed by atoms with van der Waals surface area (Å²) < 4.78 is 0. The molecule has 4 nitrogen and oxygen atoms in total. The van der Waals surface area contributed by atoms with Crippen molar-refractivity contribution in [2.45, 2.75) is 53.0 Å². The zero-order valence-electron chi connectivity index (χ0n) is 17.8. The Balaban J connectivity index is 1.51. The fourth-order valence-electron chi connectivity index (χ4n) is 4.12. The Labute approximate surface area is 174 Å². The molecule has 0 atom stereocenters. The van der Waals surface area contributed by atoms with Crippen LogP contribution >= 0.6 is 0 Å². The lowest BCUT2D eigenvalue weighted by atomic mass is 9.80. The van der Waals surface area contributed by atoms with E-state index in [-0.39, 0.29) is 23.7 Å². The average molecular weight is 393 g/mol. The van der Waals surface area contributed by atoms with E-state index in [4.69, 9.17) is 0 Å². The smallest absolute Gasteiger partial charge is 0.230 e. The number of carbonyl (C=O) groups excluding carboxylic acids is 2. The predicted molar refractivity (Wildman–Crippen MR) is 118 cm³/mol. The molecule has 0 bridgehead atoms. The van der Waals surface area contributed by atoms with Crippen molar-refractivity contribution in [1.82, 2.24) is 5.32 Å². The molecule has 3 rings (SSSR count). The van der Waals surface area contributed by atoms with E-state index < -0.39 is 0 Å². The van der Waals surface area contributed by atoms with E-state index in [1.807, 2.05) is 36.9 Å². The molecule has 0 aromatic heterocycles. The quantitative estimate of drug-likeness (QED) is 0.769. The van der Waals surface area contributed by atoms with E-state index in [0.717, 1.165) is 42.5 Å². The minimum absolute atomic E-state index is 0.0108. The maximum absolute atomic E-state index is 13.1. The minimum atomic E-state index is 0.0108. The van der Waals surface area contributed by atoms with Gasteiger partial charge in [0.15, 0.2) is 0 Å². The van der Waals surface area contributed by atoms with Gasteiger partial charge in [0.05, 0.1) is 0 Å². The van der Waals surface area contributed by atoms with Crippen molar-refractivity contribution in [3.05, 3.63) is 65.2 Å². The number of hydrogen-bond acceptors (Lipinski definition) is 2. The second-order valence-corrected chi connectivity index (χ2v) is 8.17. The van der Waals surface area contributed by atoms with Gasteiger partial charge in [-0.2, -0.15) is 0 Å². The molecule has 0 saturated heterocycles. The Morgan fingerprint density at radius 3 is 2.21 bits per heavy atom. The summed E-state index contributed by atoms with van der Waals surface area (Å²) in [7, 11) is 0. The average Bonchev–Trinajstić information content (AvgIpc) is 2.74. The van der Waals surface area contributed by atoms with Crippen molar-refractivity contribution in [2.75, 3.05) is 11.4 Å². The first kappa shape index (κ1) is 21.1. The summed E-state index contributed by atoms with van der Waals surface area (Å²) in [6.07, 6.45) is 3.12. The highest BCUT2D eigenvalue weighted by molar-refractivity contribution is 5.95. The highest BCUT2D eigenvalue weighted by Crippen LogP contribution is 2.31. The lowest BCUT2D eigenvalue weighted by Gasteiger charge is -2.31. The van der Waals surface area contributed by atoms with Crippen molar-refractivity contribution in [1.29, 1.82) is 0 Å². The third kappa shape index (κ3) is 5.47. The Hall–Kier alpha value is -2.62. The van der Waals surface area contributed by atoms with Crippen LogP contribution in [-0.4, -0.2) is 18.4 Å². The van der Waals surface area contributed by atoms with Gasteiger partial charge < -0.3 is 10.2 Å². The number of benzene rings is 2. The topological polar surface area (TPSA) is 49.4 Å². The monoisotopic (exact) mass is 392 g/mol. The molecule has 1 N–H and O–H groups in total. The van der Waals surface area contributed by atoms with Crippen LogP contribution in [0.2, 0.25) is 0 Å². The maximum atomic E-state index is 13.1. The Morgan fingerprint density at radius 1 is 0.931 bits per heavy atom. The van der Waals surface area contributed by atoms with Crippen LogP contribution in [0.3, 0.4) is 0 Å². The molecule has 1 aliphatic carbocycles. The Kier molecular flexibility index (Phi) is 7.08. The van der Waals surface area contributed by atoms with Gasteiger partial charge in [-0.3, -0.25) is 9.59 Å². The molecule has 1 saturated carbocycles. The molecule has 0 radical (unpaired) electrons. The van der Waals surface area contributed by atoms with E-state index in [2.05, 4.69) is 42.6 Å². The van der Waals surface area contributed by atoms with Crippen molar-refractivity contribution < 1.29 is 9.59 Å². The first-order valence-electron chi connectivity index (χ1n) is 10.7. The zero-order chi connectivity index (χ0) is 20.8. The minimum Gasteiger partial charge on any atom is -0.352 e. The molecule has 29 heavy (non-hydrogen) atoms. The maximum Gasteiger partial charge on any atom is 0.230 e. The lowest BCUT2D eigenvalue weighted by molar-refractivity contribution is -0.129. The number of anilines is 1. The molecular formula is C25H32N2O2. The molecule has 1 fully saturated rings.